The van der Waals surface area contributed by atoms with Crippen LogP contribution in [0.25, 0.3) is 0 Å². The van der Waals surface area contributed by atoms with E-state index < -0.39 is 11.7 Å². The Kier molecular flexibility index (Phi) is 4.22. The van der Waals surface area contributed by atoms with E-state index in [0.717, 1.165) is 25.3 Å². The molecule has 1 aromatic rings. The maximum absolute atomic E-state index is 12.9. The highest BCUT2D eigenvalue weighted by atomic mass is 19.4. The van der Waals surface area contributed by atoms with Crippen LogP contribution in [0.5, 0.6) is 0 Å². The third-order valence-corrected chi connectivity index (χ3v) is 3.91. The number of halogens is 3. The fraction of sp³-hybridized carbons (Fsp3) is 0.533. The fourth-order valence-corrected chi connectivity index (χ4v) is 2.71. The molecule has 0 heterocycles. The first-order valence-corrected chi connectivity index (χ1v) is 6.79. The van der Waals surface area contributed by atoms with Crippen LogP contribution in [-0.4, -0.2) is 6.04 Å². The van der Waals surface area contributed by atoms with E-state index in [2.05, 4.69) is 12.2 Å². The van der Waals surface area contributed by atoms with Crippen molar-refractivity contribution in [2.75, 3.05) is 5.32 Å². The maximum Gasteiger partial charge on any atom is 0.417 e. The second-order valence-electron chi connectivity index (χ2n) is 5.38. The largest absolute Gasteiger partial charge is 0.417 e. The predicted molar refractivity (Wildman–Crippen MR) is 71.2 cm³/mol. The van der Waals surface area contributed by atoms with Gasteiger partial charge in [0, 0.05) is 11.7 Å². The van der Waals surface area contributed by atoms with E-state index in [-0.39, 0.29) is 11.6 Å². The average Bonchev–Trinajstić information content (AvgIpc) is 2.40. The average molecular weight is 282 g/mol. The van der Waals surface area contributed by atoms with Crippen molar-refractivity contribution in [1.82, 2.24) is 0 Å². The van der Waals surface area contributed by atoms with Crippen molar-refractivity contribution in [3.63, 3.8) is 0 Å². The number of hydrogen-bond acceptors (Lipinski definition) is 2. The fourth-order valence-electron chi connectivity index (χ4n) is 2.71. The third kappa shape index (κ3) is 3.24. The van der Waals surface area contributed by atoms with Crippen LogP contribution in [-0.2, 0) is 6.18 Å². The van der Waals surface area contributed by atoms with E-state index in [0.29, 0.717) is 11.6 Å². The number of benzene rings is 1. The Morgan fingerprint density at radius 1 is 1.25 bits per heavy atom. The van der Waals surface area contributed by atoms with Gasteiger partial charge in [0.1, 0.15) is 0 Å². The van der Waals surface area contributed by atoms with Crippen LogP contribution in [0, 0.1) is 17.2 Å². The number of nitrogens with zero attached hydrogens (tertiary/aromatic N) is 1. The number of nitriles is 1. The van der Waals surface area contributed by atoms with E-state index in [4.69, 9.17) is 5.26 Å². The lowest BCUT2D eigenvalue weighted by Gasteiger charge is -2.30. The molecule has 0 spiro atoms. The zero-order valence-corrected chi connectivity index (χ0v) is 11.3. The monoisotopic (exact) mass is 282 g/mol. The quantitative estimate of drug-likeness (QED) is 0.862. The molecule has 1 N–H and O–H groups in total. The highest BCUT2D eigenvalue weighted by Gasteiger charge is 2.34. The lowest BCUT2D eigenvalue weighted by Crippen LogP contribution is -2.30. The van der Waals surface area contributed by atoms with Gasteiger partial charge in [0.05, 0.1) is 17.2 Å². The summed E-state index contributed by atoms with van der Waals surface area (Å²) in [5, 5.41) is 12.0. The van der Waals surface area contributed by atoms with Crippen LogP contribution in [0.1, 0.15) is 43.7 Å². The first-order valence-electron chi connectivity index (χ1n) is 6.79. The topological polar surface area (TPSA) is 35.8 Å². The van der Waals surface area contributed by atoms with Crippen molar-refractivity contribution in [1.29, 1.82) is 5.26 Å². The molecule has 1 aliphatic rings. The zero-order valence-electron chi connectivity index (χ0n) is 11.3. The highest BCUT2D eigenvalue weighted by molar-refractivity contribution is 5.53. The zero-order chi connectivity index (χ0) is 14.8. The van der Waals surface area contributed by atoms with E-state index >= 15 is 0 Å². The van der Waals surface area contributed by atoms with Crippen molar-refractivity contribution in [3.05, 3.63) is 29.3 Å². The molecule has 0 saturated heterocycles. The summed E-state index contributed by atoms with van der Waals surface area (Å²) in [7, 11) is 0. The lowest BCUT2D eigenvalue weighted by atomic mass is 9.86. The summed E-state index contributed by atoms with van der Waals surface area (Å²) in [6, 6.07) is 5.63. The summed E-state index contributed by atoms with van der Waals surface area (Å²) in [5.74, 6) is 0.453. The Labute approximate surface area is 116 Å². The molecule has 0 amide bonds. The van der Waals surface area contributed by atoms with Gasteiger partial charge in [-0.3, -0.25) is 0 Å². The standard InChI is InChI=1S/C15H17F3N2/c1-10-4-2-3-5-14(10)20-12-7-6-11(9-19)13(8-12)15(16,17)18/h6-8,10,14,20H,2-5H2,1H3. The number of hydrogen-bond donors (Lipinski definition) is 1. The highest BCUT2D eigenvalue weighted by Crippen LogP contribution is 2.34. The molecule has 5 heteroatoms. The van der Waals surface area contributed by atoms with Crippen LogP contribution < -0.4 is 5.32 Å². The minimum absolute atomic E-state index is 0.206. The summed E-state index contributed by atoms with van der Waals surface area (Å²) >= 11 is 0. The molecular weight excluding hydrogens is 265 g/mol. The molecule has 0 radical (unpaired) electrons. The molecule has 1 aliphatic carbocycles. The third-order valence-electron chi connectivity index (χ3n) is 3.91. The summed E-state index contributed by atoms with van der Waals surface area (Å²) in [6.07, 6.45) is -0.144. The van der Waals surface area contributed by atoms with Crippen LogP contribution in [0.2, 0.25) is 0 Å². The second-order valence-corrected chi connectivity index (χ2v) is 5.38. The molecule has 2 atom stereocenters. The van der Waals surface area contributed by atoms with E-state index in [1.54, 1.807) is 12.1 Å². The Hall–Kier alpha value is -1.70. The van der Waals surface area contributed by atoms with Gasteiger partial charge in [-0.15, -0.1) is 0 Å². The molecule has 2 unspecified atom stereocenters. The van der Waals surface area contributed by atoms with Crippen LogP contribution in [0.3, 0.4) is 0 Å². The van der Waals surface area contributed by atoms with Gasteiger partial charge in [0.2, 0.25) is 0 Å². The van der Waals surface area contributed by atoms with Gasteiger partial charge in [-0.1, -0.05) is 19.8 Å². The minimum Gasteiger partial charge on any atom is -0.382 e. The molecule has 0 aromatic heterocycles. The number of anilines is 1. The Bertz CT molecular complexity index is 517. The molecule has 20 heavy (non-hydrogen) atoms. The van der Waals surface area contributed by atoms with E-state index in [1.165, 1.54) is 12.5 Å². The van der Waals surface area contributed by atoms with Crippen molar-refractivity contribution in [2.24, 2.45) is 5.92 Å². The SMILES string of the molecule is CC1CCCCC1Nc1ccc(C#N)c(C(F)(F)F)c1. The van der Waals surface area contributed by atoms with Gasteiger partial charge < -0.3 is 5.32 Å². The van der Waals surface area contributed by atoms with Crippen LogP contribution >= 0.6 is 0 Å². The van der Waals surface area contributed by atoms with Gasteiger partial charge >= 0.3 is 6.18 Å². The Morgan fingerprint density at radius 2 is 1.95 bits per heavy atom. The molecular formula is C15H17F3N2. The summed E-state index contributed by atoms with van der Waals surface area (Å²) in [5.41, 5.74) is -0.761. The van der Waals surface area contributed by atoms with Crippen molar-refractivity contribution >= 4 is 5.69 Å². The molecule has 0 aliphatic heterocycles. The first-order chi connectivity index (χ1) is 9.41. The normalized spacial score (nSPS) is 23.1. The van der Waals surface area contributed by atoms with E-state index in [9.17, 15) is 13.2 Å². The molecule has 2 nitrogen and oxygen atoms in total. The summed E-state index contributed by atoms with van der Waals surface area (Å²) in [6.45, 7) is 2.12. The van der Waals surface area contributed by atoms with Gasteiger partial charge in [0.25, 0.3) is 0 Å². The summed E-state index contributed by atoms with van der Waals surface area (Å²) < 4.78 is 38.7. The van der Waals surface area contributed by atoms with E-state index in [1.807, 2.05) is 0 Å². The first kappa shape index (κ1) is 14.7. The van der Waals surface area contributed by atoms with Crippen molar-refractivity contribution in [2.45, 2.75) is 44.8 Å². The predicted octanol–water partition coefficient (Wildman–Crippen LogP) is 4.57. The van der Waals surface area contributed by atoms with Crippen molar-refractivity contribution in [3.8, 4) is 6.07 Å². The molecule has 2 rings (SSSR count). The van der Waals surface area contributed by atoms with Crippen LogP contribution in [0.15, 0.2) is 18.2 Å². The van der Waals surface area contributed by atoms with Gasteiger partial charge in [-0.25, -0.2) is 0 Å². The Morgan fingerprint density at radius 3 is 2.55 bits per heavy atom. The number of alkyl halides is 3. The summed E-state index contributed by atoms with van der Waals surface area (Å²) in [4.78, 5) is 0. The minimum atomic E-state index is -4.50. The van der Waals surface area contributed by atoms with Crippen molar-refractivity contribution < 1.29 is 13.2 Å². The molecule has 108 valence electrons. The number of rotatable bonds is 2. The lowest BCUT2D eigenvalue weighted by molar-refractivity contribution is -0.137. The smallest absolute Gasteiger partial charge is 0.382 e. The van der Waals surface area contributed by atoms with Gasteiger partial charge in [-0.2, -0.15) is 18.4 Å². The van der Waals surface area contributed by atoms with Crippen LogP contribution in [0.4, 0.5) is 18.9 Å². The molecule has 1 fully saturated rings. The Balaban J connectivity index is 2.23. The number of nitrogens with one attached hydrogen (secondary N) is 1. The van der Waals surface area contributed by atoms with Gasteiger partial charge in [-0.05, 0) is 37.0 Å². The maximum atomic E-state index is 12.9. The second kappa shape index (κ2) is 5.74. The van der Waals surface area contributed by atoms with Gasteiger partial charge in [0.15, 0.2) is 0 Å². The molecule has 1 aromatic carbocycles. The molecule has 1 saturated carbocycles. The molecule has 0 bridgehead atoms.